The lowest BCUT2D eigenvalue weighted by atomic mass is 9.94. The van der Waals surface area contributed by atoms with Gasteiger partial charge >= 0.3 is 0 Å². The van der Waals surface area contributed by atoms with E-state index in [4.69, 9.17) is 10.5 Å². The van der Waals surface area contributed by atoms with Crippen LogP contribution in [0.3, 0.4) is 0 Å². The molecule has 1 heterocycles. The number of hydrogen-bond donors (Lipinski definition) is 1. The van der Waals surface area contributed by atoms with Crippen molar-refractivity contribution >= 4 is 5.78 Å². The molecule has 2 N–H and O–H groups in total. The second-order valence-electron chi connectivity index (χ2n) is 4.56. The minimum Gasteiger partial charge on any atom is -0.493 e. The second kappa shape index (κ2) is 4.26. The van der Waals surface area contributed by atoms with E-state index in [-0.39, 0.29) is 11.7 Å². The van der Waals surface area contributed by atoms with Crippen LogP contribution in [0.5, 0.6) is 5.75 Å². The Hall–Kier alpha value is -1.35. The Morgan fingerprint density at radius 2 is 2.19 bits per heavy atom. The summed E-state index contributed by atoms with van der Waals surface area (Å²) in [7, 11) is 0. The van der Waals surface area contributed by atoms with Crippen LogP contribution in [0.1, 0.15) is 29.8 Å². The van der Waals surface area contributed by atoms with Gasteiger partial charge in [-0.2, -0.15) is 0 Å². The zero-order valence-electron chi connectivity index (χ0n) is 9.69. The minimum absolute atomic E-state index is 0.0182. The Labute approximate surface area is 95.6 Å². The van der Waals surface area contributed by atoms with Gasteiger partial charge in [0.05, 0.1) is 12.6 Å². The van der Waals surface area contributed by atoms with Gasteiger partial charge in [-0.15, -0.1) is 0 Å². The molecule has 3 nitrogen and oxygen atoms in total. The van der Waals surface area contributed by atoms with E-state index >= 15 is 0 Å². The molecule has 0 radical (unpaired) electrons. The number of nitrogens with two attached hydrogens (primary N) is 1. The maximum atomic E-state index is 12.0. The molecule has 2 rings (SSSR count). The van der Waals surface area contributed by atoms with E-state index in [1.54, 1.807) is 6.07 Å². The van der Waals surface area contributed by atoms with Gasteiger partial charge < -0.3 is 10.5 Å². The first-order valence-corrected chi connectivity index (χ1v) is 5.65. The number of Topliss-reactive ketones (excluding diaryl/α,β-unsaturated/α-hetero) is 1. The molecule has 0 saturated heterocycles. The highest BCUT2D eigenvalue weighted by Gasteiger charge is 2.21. The minimum atomic E-state index is -0.416. The van der Waals surface area contributed by atoms with Crippen LogP contribution in [0.25, 0.3) is 0 Å². The number of carbonyl (C=O) groups excluding carboxylic acids is 1. The van der Waals surface area contributed by atoms with Crippen LogP contribution >= 0.6 is 0 Å². The summed E-state index contributed by atoms with van der Waals surface area (Å²) in [5.41, 5.74) is 7.67. The standard InChI is InChI=1S/C13H17NO2/c1-8(2)12(14)13(15)10-3-4-11-9(7-10)5-6-16-11/h3-4,7-8,12H,5-6,14H2,1-2H3. The molecule has 1 aliphatic heterocycles. The third-order valence-electron chi connectivity index (χ3n) is 2.99. The van der Waals surface area contributed by atoms with Gasteiger partial charge in [-0.25, -0.2) is 0 Å². The van der Waals surface area contributed by atoms with Gasteiger partial charge in [0.25, 0.3) is 0 Å². The molecule has 1 aromatic rings. The zero-order chi connectivity index (χ0) is 11.7. The van der Waals surface area contributed by atoms with Crippen LogP contribution in [0.2, 0.25) is 0 Å². The van der Waals surface area contributed by atoms with E-state index in [0.29, 0.717) is 12.2 Å². The Balaban J connectivity index is 2.25. The van der Waals surface area contributed by atoms with Gasteiger partial charge in [0.15, 0.2) is 5.78 Å². The van der Waals surface area contributed by atoms with Crippen molar-refractivity contribution in [3.05, 3.63) is 29.3 Å². The average Bonchev–Trinajstić information content (AvgIpc) is 2.73. The molecule has 16 heavy (non-hydrogen) atoms. The van der Waals surface area contributed by atoms with Crippen LogP contribution in [0, 0.1) is 5.92 Å². The molecule has 0 saturated carbocycles. The fourth-order valence-corrected chi connectivity index (χ4v) is 1.84. The summed E-state index contributed by atoms with van der Waals surface area (Å²) < 4.78 is 5.40. The third-order valence-corrected chi connectivity index (χ3v) is 2.99. The first-order valence-electron chi connectivity index (χ1n) is 5.65. The van der Waals surface area contributed by atoms with Crippen molar-refractivity contribution < 1.29 is 9.53 Å². The molecule has 3 heteroatoms. The quantitative estimate of drug-likeness (QED) is 0.788. The average molecular weight is 219 g/mol. The normalized spacial score (nSPS) is 15.8. The van der Waals surface area contributed by atoms with Crippen molar-refractivity contribution in [2.75, 3.05) is 6.61 Å². The summed E-state index contributed by atoms with van der Waals surface area (Å²) in [6.07, 6.45) is 0.882. The monoisotopic (exact) mass is 219 g/mol. The van der Waals surface area contributed by atoms with Crippen LogP contribution in [0.4, 0.5) is 0 Å². The number of ketones is 1. The van der Waals surface area contributed by atoms with E-state index < -0.39 is 6.04 Å². The number of hydrogen-bond acceptors (Lipinski definition) is 3. The summed E-state index contributed by atoms with van der Waals surface area (Å²) in [5.74, 6) is 1.08. The van der Waals surface area contributed by atoms with Crippen LogP contribution in [-0.2, 0) is 6.42 Å². The Morgan fingerprint density at radius 1 is 1.44 bits per heavy atom. The summed E-state index contributed by atoms with van der Waals surface area (Å²) in [6, 6.07) is 5.16. The maximum absolute atomic E-state index is 12.0. The number of benzene rings is 1. The van der Waals surface area contributed by atoms with Gasteiger partial charge in [-0.3, -0.25) is 4.79 Å². The van der Waals surface area contributed by atoms with Crippen molar-refractivity contribution in [1.82, 2.24) is 0 Å². The van der Waals surface area contributed by atoms with Gasteiger partial charge in [-0.1, -0.05) is 13.8 Å². The third kappa shape index (κ3) is 1.95. The highest BCUT2D eigenvalue weighted by Crippen LogP contribution is 2.26. The molecule has 1 atom stereocenters. The summed E-state index contributed by atoms with van der Waals surface area (Å²) in [4.78, 5) is 12.0. The molecule has 0 fully saturated rings. The van der Waals surface area contributed by atoms with Gasteiger partial charge in [0, 0.05) is 12.0 Å². The predicted octanol–water partition coefficient (Wildman–Crippen LogP) is 1.79. The number of rotatable bonds is 3. The van der Waals surface area contributed by atoms with E-state index in [1.165, 1.54) is 0 Å². The molecule has 0 bridgehead atoms. The topological polar surface area (TPSA) is 52.3 Å². The van der Waals surface area contributed by atoms with Gasteiger partial charge in [-0.05, 0) is 29.7 Å². The molecular weight excluding hydrogens is 202 g/mol. The first-order chi connectivity index (χ1) is 7.59. The van der Waals surface area contributed by atoms with Crippen LogP contribution in [-0.4, -0.2) is 18.4 Å². The summed E-state index contributed by atoms with van der Waals surface area (Å²) >= 11 is 0. The van der Waals surface area contributed by atoms with Crippen molar-refractivity contribution in [3.63, 3.8) is 0 Å². The molecule has 0 spiro atoms. The second-order valence-corrected chi connectivity index (χ2v) is 4.56. The van der Waals surface area contributed by atoms with Crippen molar-refractivity contribution in [2.24, 2.45) is 11.7 Å². The Bertz CT molecular complexity index is 412. The lowest BCUT2D eigenvalue weighted by Crippen LogP contribution is -2.35. The number of carbonyl (C=O) groups is 1. The van der Waals surface area contributed by atoms with E-state index in [0.717, 1.165) is 17.7 Å². The van der Waals surface area contributed by atoms with Crippen LogP contribution in [0.15, 0.2) is 18.2 Å². The number of ether oxygens (including phenoxy) is 1. The van der Waals surface area contributed by atoms with Gasteiger partial charge in [0.2, 0.25) is 0 Å². The van der Waals surface area contributed by atoms with E-state index in [2.05, 4.69) is 0 Å². The largest absolute Gasteiger partial charge is 0.493 e. The fourth-order valence-electron chi connectivity index (χ4n) is 1.84. The first kappa shape index (κ1) is 11.1. The molecule has 1 aliphatic rings. The Morgan fingerprint density at radius 3 is 2.88 bits per heavy atom. The molecular formula is C13H17NO2. The molecule has 1 aromatic carbocycles. The van der Waals surface area contributed by atoms with Crippen molar-refractivity contribution in [2.45, 2.75) is 26.3 Å². The number of fused-ring (bicyclic) bond motifs is 1. The lowest BCUT2D eigenvalue weighted by Gasteiger charge is -2.14. The summed E-state index contributed by atoms with van der Waals surface area (Å²) in [6.45, 7) is 4.63. The maximum Gasteiger partial charge on any atom is 0.179 e. The highest BCUT2D eigenvalue weighted by molar-refractivity contribution is 6.00. The Kier molecular flexibility index (Phi) is 2.97. The predicted molar refractivity (Wildman–Crippen MR) is 62.8 cm³/mol. The lowest BCUT2D eigenvalue weighted by molar-refractivity contribution is 0.0940. The highest BCUT2D eigenvalue weighted by atomic mass is 16.5. The van der Waals surface area contributed by atoms with E-state index in [9.17, 15) is 4.79 Å². The fraction of sp³-hybridized carbons (Fsp3) is 0.462. The SMILES string of the molecule is CC(C)C(N)C(=O)c1ccc2c(c1)CCO2. The molecule has 0 aromatic heterocycles. The molecule has 86 valence electrons. The molecule has 0 amide bonds. The van der Waals surface area contributed by atoms with Crippen molar-refractivity contribution in [1.29, 1.82) is 0 Å². The zero-order valence-corrected chi connectivity index (χ0v) is 9.69. The van der Waals surface area contributed by atoms with E-state index in [1.807, 2.05) is 26.0 Å². The molecule has 1 unspecified atom stereocenters. The van der Waals surface area contributed by atoms with Crippen LogP contribution < -0.4 is 10.5 Å². The molecule has 0 aliphatic carbocycles. The van der Waals surface area contributed by atoms with Gasteiger partial charge in [0.1, 0.15) is 5.75 Å². The smallest absolute Gasteiger partial charge is 0.179 e. The summed E-state index contributed by atoms with van der Waals surface area (Å²) in [5, 5.41) is 0. The van der Waals surface area contributed by atoms with Crippen molar-refractivity contribution in [3.8, 4) is 5.75 Å².